The number of rotatable bonds is 5. The predicted molar refractivity (Wildman–Crippen MR) is 78.1 cm³/mol. The van der Waals surface area contributed by atoms with Gasteiger partial charge in [0.2, 0.25) is 0 Å². The number of halogens is 2. The molecule has 2 amide bonds. The van der Waals surface area contributed by atoms with Gasteiger partial charge in [-0.3, -0.25) is 0 Å². The van der Waals surface area contributed by atoms with Gasteiger partial charge in [-0.2, -0.15) is 0 Å². The van der Waals surface area contributed by atoms with E-state index in [-0.39, 0.29) is 17.7 Å². The molecule has 0 fully saturated rings. The Bertz CT molecular complexity index is 487. The van der Waals surface area contributed by atoms with Crippen molar-refractivity contribution in [3.63, 3.8) is 0 Å². The van der Waals surface area contributed by atoms with Crippen LogP contribution in [0.1, 0.15) is 27.2 Å². The number of hydrogen-bond donors (Lipinski definition) is 2. The minimum Gasteiger partial charge on any atom is -0.396 e. The summed E-state index contributed by atoms with van der Waals surface area (Å²) in [5.74, 6) is -1.97. The number of hydrogen-bond acceptors (Lipinski definition) is 2. The molecule has 118 valence electrons. The quantitative estimate of drug-likeness (QED) is 0.877. The maximum atomic E-state index is 13.1. The van der Waals surface area contributed by atoms with Gasteiger partial charge >= 0.3 is 6.03 Å². The van der Waals surface area contributed by atoms with Crippen molar-refractivity contribution >= 4 is 11.7 Å². The number of aliphatic hydroxyl groups is 1. The molecule has 0 bridgehead atoms. The second-order valence-corrected chi connectivity index (χ2v) is 6.12. The number of urea groups is 1. The van der Waals surface area contributed by atoms with Gasteiger partial charge < -0.3 is 15.3 Å². The molecule has 0 heterocycles. The van der Waals surface area contributed by atoms with Crippen LogP contribution in [-0.4, -0.2) is 35.7 Å². The van der Waals surface area contributed by atoms with Crippen molar-refractivity contribution in [2.24, 2.45) is 5.41 Å². The molecule has 1 aromatic rings. The highest BCUT2D eigenvalue weighted by atomic mass is 19.2. The van der Waals surface area contributed by atoms with Crippen LogP contribution in [-0.2, 0) is 0 Å². The number of nitrogens with one attached hydrogen (secondary N) is 1. The molecule has 0 saturated heterocycles. The maximum Gasteiger partial charge on any atom is 0.321 e. The summed E-state index contributed by atoms with van der Waals surface area (Å²) in [6, 6.07) is 2.81. The van der Waals surface area contributed by atoms with E-state index in [0.29, 0.717) is 19.5 Å². The van der Waals surface area contributed by atoms with Crippen LogP contribution < -0.4 is 5.32 Å². The van der Waals surface area contributed by atoms with E-state index in [4.69, 9.17) is 5.11 Å². The maximum absolute atomic E-state index is 13.1. The summed E-state index contributed by atoms with van der Waals surface area (Å²) in [4.78, 5) is 13.8. The summed E-state index contributed by atoms with van der Waals surface area (Å²) in [7, 11) is 0. The van der Waals surface area contributed by atoms with Gasteiger partial charge in [0, 0.05) is 31.5 Å². The third-order valence-corrected chi connectivity index (χ3v) is 2.71. The third kappa shape index (κ3) is 6.08. The summed E-state index contributed by atoms with van der Waals surface area (Å²) < 4.78 is 26.0. The number of benzene rings is 1. The van der Waals surface area contributed by atoms with Crippen molar-refractivity contribution in [1.29, 1.82) is 0 Å². The SMILES string of the molecule is CC(C)(C)CN(CCCO)C(=O)Nc1ccc(F)c(F)c1. The van der Waals surface area contributed by atoms with Gasteiger partial charge in [0.15, 0.2) is 11.6 Å². The van der Waals surface area contributed by atoms with Crippen LogP contribution in [0.25, 0.3) is 0 Å². The van der Waals surface area contributed by atoms with E-state index in [1.807, 2.05) is 20.8 Å². The van der Waals surface area contributed by atoms with Crippen LogP contribution >= 0.6 is 0 Å². The highest BCUT2D eigenvalue weighted by molar-refractivity contribution is 5.89. The zero-order valence-electron chi connectivity index (χ0n) is 12.6. The van der Waals surface area contributed by atoms with Gasteiger partial charge in [0.1, 0.15) is 0 Å². The first-order chi connectivity index (χ1) is 9.73. The van der Waals surface area contributed by atoms with E-state index < -0.39 is 17.7 Å². The normalized spacial score (nSPS) is 11.3. The van der Waals surface area contributed by atoms with Crippen molar-refractivity contribution in [3.8, 4) is 0 Å². The fraction of sp³-hybridized carbons (Fsp3) is 0.533. The fourth-order valence-corrected chi connectivity index (χ4v) is 1.86. The lowest BCUT2D eigenvalue weighted by Crippen LogP contribution is -2.41. The summed E-state index contributed by atoms with van der Waals surface area (Å²) in [5.41, 5.74) is 0.0858. The Kier molecular flexibility index (Phi) is 6.08. The predicted octanol–water partition coefficient (Wildman–Crippen LogP) is 3.23. The minimum absolute atomic E-state index is 0.0148. The number of carbonyl (C=O) groups is 1. The van der Waals surface area contributed by atoms with Crippen molar-refractivity contribution in [2.45, 2.75) is 27.2 Å². The van der Waals surface area contributed by atoms with E-state index in [1.54, 1.807) is 4.90 Å². The van der Waals surface area contributed by atoms with Crippen LogP contribution in [0.5, 0.6) is 0 Å². The first-order valence-corrected chi connectivity index (χ1v) is 6.85. The van der Waals surface area contributed by atoms with Gasteiger partial charge in [0.25, 0.3) is 0 Å². The second kappa shape index (κ2) is 7.36. The lowest BCUT2D eigenvalue weighted by atomic mass is 9.96. The van der Waals surface area contributed by atoms with Gasteiger partial charge in [-0.25, -0.2) is 13.6 Å². The standard InChI is InChI=1S/C15H22F2N2O2/c1-15(2,3)10-19(7-4-8-20)14(21)18-11-5-6-12(16)13(17)9-11/h5-6,9,20H,4,7-8,10H2,1-3H3,(H,18,21). The van der Waals surface area contributed by atoms with Gasteiger partial charge in [0.05, 0.1) is 0 Å². The molecule has 2 N–H and O–H groups in total. The molecule has 0 atom stereocenters. The molecule has 0 aliphatic rings. The zero-order valence-corrected chi connectivity index (χ0v) is 12.6. The largest absolute Gasteiger partial charge is 0.396 e. The second-order valence-electron chi connectivity index (χ2n) is 6.12. The Hall–Kier alpha value is -1.69. The van der Waals surface area contributed by atoms with Crippen LogP contribution in [0.3, 0.4) is 0 Å². The first-order valence-electron chi connectivity index (χ1n) is 6.85. The number of carbonyl (C=O) groups excluding carboxylic acids is 1. The molecule has 0 aliphatic heterocycles. The lowest BCUT2D eigenvalue weighted by molar-refractivity contribution is 0.176. The highest BCUT2D eigenvalue weighted by Crippen LogP contribution is 2.18. The van der Waals surface area contributed by atoms with Crippen LogP contribution in [0.2, 0.25) is 0 Å². The van der Waals surface area contributed by atoms with Crippen molar-refractivity contribution < 1.29 is 18.7 Å². The molecule has 0 radical (unpaired) electrons. The molecule has 21 heavy (non-hydrogen) atoms. The topological polar surface area (TPSA) is 52.6 Å². The smallest absolute Gasteiger partial charge is 0.321 e. The lowest BCUT2D eigenvalue weighted by Gasteiger charge is -2.30. The summed E-state index contributed by atoms with van der Waals surface area (Å²) >= 11 is 0. The molecule has 0 spiro atoms. The third-order valence-electron chi connectivity index (χ3n) is 2.71. The first kappa shape index (κ1) is 17.4. The Labute approximate surface area is 123 Å². The van der Waals surface area contributed by atoms with Gasteiger partial charge in [-0.15, -0.1) is 0 Å². The molecule has 0 aromatic heterocycles. The van der Waals surface area contributed by atoms with Crippen LogP contribution in [0, 0.1) is 17.0 Å². The van der Waals surface area contributed by atoms with Crippen molar-refractivity contribution in [3.05, 3.63) is 29.8 Å². The zero-order chi connectivity index (χ0) is 16.0. The average Bonchev–Trinajstić information content (AvgIpc) is 2.37. The number of aliphatic hydroxyl groups excluding tert-OH is 1. The molecule has 0 saturated carbocycles. The molecule has 0 unspecified atom stereocenters. The Morgan fingerprint density at radius 3 is 2.48 bits per heavy atom. The molecule has 1 rings (SSSR count). The monoisotopic (exact) mass is 300 g/mol. The molecule has 6 heteroatoms. The van der Waals surface area contributed by atoms with E-state index in [0.717, 1.165) is 12.1 Å². The van der Waals surface area contributed by atoms with E-state index in [2.05, 4.69) is 5.32 Å². The Morgan fingerprint density at radius 2 is 1.95 bits per heavy atom. The van der Waals surface area contributed by atoms with Gasteiger partial charge in [-0.1, -0.05) is 20.8 Å². The number of amides is 2. The van der Waals surface area contributed by atoms with Gasteiger partial charge in [-0.05, 0) is 24.0 Å². The van der Waals surface area contributed by atoms with E-state index >= 15 is 0 Å². The number of nitrogens with zero attached hydrogens (tertiary/aromatic N) is 1. The fourth-order valence-electron chi connectivity index (χ4n) is 1.86. The molecular weight excluding hydrogens is 278 g/mol. The molecular formula is C15H22F2N2O2. The van der Waals surface area contributed by atoms with Crippen LogP contribution in [0.15, 0.2) is 18.2 Å². The highest BCUT2D eigenvalue weighted by Gasteiger charge is 2.21. The molecule has 1 aromatic carbocycles. The summed E-state index contributed by atoms with van der Waals surface area (Å²) in [6.07, 6.45) is 0.460. The molecule has 4 nitrogen and oxygen atoms in total. The van der Waals surface area contributed by atoms with Crippen molar-refractivity contribution in [2.75, 3.05) is 25.0 Å². The summed E-state index contributed by atoms with van der Waals surface area (Å²) in [6.45, 7) is 6.84. The minimum atomic E-state index is -1.01. The van der Waals surface area contributed by atoms with E-state index in [9.17, 15) is 13.6 Å². The Balaban J connectivity index is 2.77. The Morgan fingerprint density at radius 1 is 1.29 bits per heavy atom. The summed E-state index contributed by atoms with van der Waals surface area (Å²) in [5, 5.41) is 11.4. The van der Waals surface area contributed by atoms with Crippen LogP contribution in [0.4, 0.5) is 19.3 Å². The van der Waals surface area contributed by atoms with Crippen molar-refractivity contribution in [1.82, 2.24) is 4.90 Å². The van der Waals surface area contributed by atoms with E-state index in [1.165, 1.54) is 6.07 Å². The average molecular weight is 300 g/mol. The molecule has 0 aliphatic carbocycles. The number of anilines is 1.